The van der Waals surface area contributed by atoms with Gasteiger partial charge in [0.1, 0.15) is 23.3 Å². The van der Waals surface area contributed by atoms with E-state index in [1.807, 2.05) is 13.8 Å². The Hall–Kier alpha value is -3.20. The van der Waals surface area contributed by atoms with E-state index >= 15 is 0 Å². The summed E-state index contributed by atoms with van der Waals surface area (Å²) in [5.41, 5.74) is 10.0. The molecule has 0 spiro atoms. The number of hydrogen-bond acceptors (Lipinski definition) is 4. The van der Waals surface area contributed by atoms with Crippen LogP contribution in [-0.2, 0) is 11.8 Å². The Morgan fingerprint density at radius 1 is 1.28 bits per heavy atom. The van der Waals surface area contributed by atoms with E-state index in [1.165, 1.54) is 6.07 Å². The molecule has 0 atom stereocenters. The molecule has 0 amide bonds. The number of anilines is 1. The number of benzene rings is 1. The molecule has 0 saturated carbocycles. The largest absolute Gasteiger partial charge is 0.383 e. The lowest BCUT2D eigenvalue weighted by Crippen LogP contribution is -2.28. The predicted octanol–water partition coefficient (Wildman–Crippen LogP) is 3.57. The molecule has 25 heavy (non-hydrogen) atoms. The Kier molecular flexibility index (Phi) is 3.16. The summed E-state index contributed by atoms with van der Waals surface area (Å²) in [6.07, 6.45) is 2.43. The molecule has 2 heterocycles. The molecule has 0 unspecified atom stereocenters. The first-order valence-electron chi connectivity index (χ1n) is 7.96. The van der Waals surface area contributed by atoms with E-state index in [-0.39, 0.29) is 22.6 Å². The number of nitrogen functional groups attached to an aromatic ring is 1. The molecule has 3 N–H and O–H groups in total. The second kappa shape index (κ2) is 5.15. The van der Waals surface area contributed by atoms with Crippen molar-refractivity contribution in [1.29, 1.82) is 5.26 Å². The lowest BCUT2D eigenvalue weighted by Gasteiger charge is -2.34. The van der Waals surface area contributed by atoms with Gasteiger partial charge in [0.2, 0.25) is 0 Å². The van der Waals surface area contributed by atoms with Gasteiger partial charge in [0.15, 0.2) is 0 Å². The summed E-state index contributed by atoms with van der Waals surface area (Å²) >= 11 is 0. The van der Waals surface area contributed by atoms with Crippen molar-refractivity contribution in [2.24, 2.45) is 0 Å². The van der Waals surface area contributed by atoms with Crippen molar-refractivity contribution in [2.45, 2.75) is 25.7 Å². The Balaban J connectivity index is 2.19. The first-order valence-corrected chi connectivity index (χ1v) is 7.96. The zero-order chi connectivity index (χ0) is 17.8. The van der Waals surface area contributed by atoms with E-state index in [9.17, 15) is 9.65 Å². The highest BCUT2D eigenvalue weighted by Gasteiger charge is 2.38. The van der Waals surface area contributed by atoms with Gasteiger partial charge in [0.05, 0.1) is 11.4 Å². The number of nitriles is 1. The van der Waals surface area contributed by atoms with Crippen molar-refractivity contribution < 1.29 is 4.39 Å². The van der Waals surface area contributed by atoms with Crippen molar-refractivity contribution in [3.05, 3.63) is 53.1 Å². The summed E-state index contributed by atoms with van der Waals surface area (Å²) in [6.45, 7) is 4.10. The van der Waals surface area contributed by atoms with Crippen LogP contribution in [0.15, 0.2) is 30.5 Å². The highest BCUT2D eigenvalue weighted by atomic mass is 19.1. The minimum Gasteiger partial charge on any atom is -0.383 e. The average Bonchev–Trinajstić information content (AvgIpc) is 3.01. The Bertz CT molecular complexity index is 1040. The maximum Gasteiger partial charge on any atom is 0.142 e. The van der Waals surface area contributed by atoms with Crippen LogP contribution in [0, 0.1) is 17.1 Å². The Labute approximate surface area is 144 Å². The number of nitrogens with two attached hydrogens (primary N) is 1. The third kappa shape index (κ3) is 2.13. The van der Waals surface area contributed by atoms with E-state index in [0.717, 1.165) is 16.8 Å². The van der Waals surface area contributed by atoms with Gasteiger partial charge in [0, 0.05) is 29.3 Å². The van der Waals surface area contributed by atoms with Gasteiger partial charge in [-0.2, -0.15) is 10.4 Å². The fourth-order valence-corrected chi connectivity index (χ4v) is 3.67. The summed E-state index contributed by atoms with van der Waals surface area (Å²) in [5.74, 6) is -0.287. The van der Waals surface area contributed by atoms with Gasteiger partial charge in [-0.25, -0.2) is 9.37 Å². The molecule has 1 aliphatic rings. The van der Waals surface area contributed by atoms with E-state index in [0.29, 0.717) is 23.2 Å². The number of H-pyrrole nitrogens is 1. The summed E-state index contributed by atoms with van der Waals surface area (Å²) < 4.78 is 14.6. The third-order valence-corrected chi connectivity index (χ3v) is 4.74. The minimum absolute atomic E-state index is 0.101. The Morgan fingerprint density at radius 3 is 2.76 bits per heavy atom. The van der Waals surface area contributed by atoms with Crippen molar-refractivity contribution in [2.75, 3.05) is 5.73 Å². The second-order valence-electron chi connectivity index (χ2n) is 6.87. The molecule has 6 heteroatoms. The molecule has 5 nitrogen and oxygen atoms in total. The molecule has 0 radical (unpaired) electrons. The fraction of sp³-hybridized carbons (Fsp3) is 0.211. The molecule has 4 rings (SSSR count). The molecule has 0 bridgehead atoms. The number of rotatable bonds is 1. The van der Waals surface area contributed by atoms with Crippen LogP contribution in [0.5, 0.6) is 0 Å². The lowest BCUT2D eigenvalue weighted by molar-refractivity contribution is 0.508. The van der Waals surface area contributed by atoms with Gasteiger partial charge in [-0.3, -0.25) is 5.10 Å². The molecule has 2 aromatic heterocycles. The number of aromatic amines is 1. The van der Waals surface area contributed by atoms with E-state index in [4.69, 9.17) is 5.73 Å². The van der Waals surface area contributed by atoms with Crippen LogP contribution in [-0.4, -0.2) is 15.2 Å². The first-order chi connectivity index (χ1) is 11.9. The van der Waals surface area contributed by atoms with Crippen molar-refractivity contribution in [3.63, 3.8) is 0 Å². The standard InChI is InChI=1S/C19H16FN5/c1-19(2)7-14-12(9-23-25-14)17-16(19)15(11(8-21)18(22)24-17)10-5-3-4-6-13(10)20/h3-6,9H,7H2,1-2H3,(H2,22,24)(H,23,25). The summed E-state index contributed by atoms with van der Waals surface area (Å²) in [4.78, 5) is 4.48. The van der Waals surface area contributed by atoms with Gasteiger partial charge < -0.3 is 5.73 Å². The Morgan fingerprint density at radius 2 is 2.04 bits per heavy atom. The van der Waals surface area contributed by atoms with Crippen LogP contribution < -0.4 is 5.73 Å². The topological polar surface area (TPSA) is 91.4 Å². The number of aromatic nitrogens is 3. The zero-order valence-corrected chi connectivity index (χ0v) is 13.9. The highest BCUT2D eigenvalue weighted by Crippen LogP contribution is 2.48. The van der Waals surface area contributed by atoms with Crippen molar-refractivity contribution in [3.8, 4) is 28.5 Å². The molecular weight excluding hydrogens is 317 g/mol. The number of hydrogen-bond donors (Lipinski definition) is 2. The number of halogens is 1. The maximum atomic E-state index is 14.6. The van der Waals surface area contributed by atoms with Crippen molar-refractivity contribution >= 4 is 5.82 Å². The van der Waals surface area contributed by atoms with Crippen LogP contribution in [0.1, 0.15) is 30.7 Å². The third-order valence-electron chi connectivity index (χ3n) is 4.74. The van der Waals surface area contributed by atoms with Gasteiger partial charge in [-0.05, 0) is 17.0 Å². The number of nitrogens with zero attached hydrogens (tertiary/aromatic N) is 3. The average molecular weight is 333 g/mol. The molecule has 3 aromatic rings. The molecular formula is C19H16FN5. The van der Waals surface area contributed by atoms with E-state index in [2.05, 4.69) is 21.3 Å². The molecule has 1 aliphatic carbocycles. The number of fused-ring (bicyclic) bond motifs is 3. The molecule has 0 saturated heterocycles. The van der Waals surface area contributed by atoms with Crippen LogP contribution in [0.3, 0.4) is 0 Å². The molecule has 0 fully saturated rings. The monoisotopic (exact) mass is 333 g/mol. The number of pyridine rings is 1. The van der Waals surface area contributed by atoms with Gasteiger partial charge in [-0.1, -0.05) is 32.0 Å². The van der Waals surface area contributed by atoms with Crippen LogP contribution in [0.2, 0.25) is 0 Å². The predicted molar refractivity (Wildman–Crippen MR) is 93.1 cm³/mol. The summed E-state index contributed by atoms with van der Waals surface area (Å²) in [7, 11) is 0. The first kappa shape index (κ1) is 15.3. The second-order valence-corrected chi connectivity index (χ2v) is 6.87. The quantitative estimate of drug-likeness (QED) is 0.712. The zero-order valence-electron chi connectivity index (χ0n) is 13.9. The number of nitrogens with one attached hydrogen (secondary N) is 1. The van der Waals surface area contributed by atoms with E-state index in [1.54, 1.807) is 24.4 Å². The lowest BCUT2D eigenvalue weighted by atomic mass is 9.70. The normalized spacial score (nSPS) is 14.5. The van der Waals surface area contributed by atoms with Crippen molar-refractivity contribution in [1.82, 2.24) is 15.2 Å². The van der Waals surface area contributed by atoms with Gasteiger partial charge >= 0.3 is 0 Å². The summed E-state index contributed by atoms with van der Waals surface area (Å²) in [6, 6.07) is 8.56. The molecule has 0 aliphatic heterocycles. The fourth-order valence-electron chi connectivity index (χ4n) is 3.67. The summed E-state index contributed by atoms with van der Waals surface area (Å²) in [5, 5.41) is 16.8. The maximum absolute atomic E-state index is 14.6. The van der Waals surface area contributed by atoms with Crippen LogP contribution in [0.4, 0.5) is 10.2 Å². The molecule has 124 valence electrons. The van der Waals surface area contributed by atoms with E-state index < -0.39 is 0 Å². The SMILES string of the molecule is CC1(C)Cc2n[nH]cc2-c2nc(N)c(C#N)c(-c3ccccc3F)c21. The molecule has 1 aromatic carbocycles. The van der Waals surface area contributed by atoms with Gasteiger partial charge in [0.25, 0.3) is 0 Å². The van der Waals surface area contributed by atoms with Crippen LogP contribution >= 0.6 is 0 Å². The van der Waals surface area contributed by atoms with Gasteiger partial charge in [-0.15, -0.1) is 0 Å². The smallest absolute Gasteiger partial charge is 0.142 e. The highest BCUT2D eigenvalue weighted by molar-refractivity contribution is 5.87. The minimum atomic E-state index is -0.388. The van der Waals surface area contributed by atoms with Crippen LogP contribution in [0.25, 0.3) is 22.4 Å².